The third kappa shape index (κ3) is 4.16. The van der Waals surface area contributed by atoms with E-state index in [-0.39, 0.29) is 12.4 Å². The van der Waals surface area contributed by atoms with Crippen LogP contribution in [0.1, 0.15) is 17.4 Å². The van der Waals surface area contributed by atoms with Crippen molar-refractivity contribution in [3.05, 3.63) is 35.7 Å². The second kappa shape index (κ2) is 5.77. The number of hydrogen-bond donors (Lipinski definition) is 2. The first-order valence-electron chi connectivity index (χ1n) is 5.72. The zero-order valence-electron chi connectivity index (χ0n) is 10.7. The molecule has 0 aliphatic carbocycles. The monoisotopic (exact) mass is 301 g/mol. The maximum absolute atomic E-state index is 12.2. The number of carbonyl (C=O) groups is 1. The molecule has 0 spiro atoms. The van der Waals surface area contributed by atoms with E-state index in [2.05, 4.69) is 30.3 Å². The Morgan fingerprint density at radius 2 is 2.19 bits per heavy atom. The molecule has 2 rings (SSSR count). The second-order valence-electron chi connectivity index (χ2n) is 4.00. The van der Waals surface area contributed by atoms with Gasteiger partial charge in [-0.15, -0.1) is 0 Å². The number of nitrogens with one attached hydrogen (secondary N) is 2. The Kier molecular flexibility index (Phi) is 4.05. The van der Waals surface area contributed by atoms with Gasteiger partial charge in [0.1, 0.15) is 0 Å². The van der Waals surface area contributed by atoms with Crippen molar-refractivity contribution in [2.75, 3.05) is 5.32 Å². The van der Waals surface area contributed by atoms with E-state index >= 15 is 0 Å². The lowest BCUT2D eigenvalue weighted by Gasteiger charge is -2.05. The lowest BCUT2D eigenvalue weighted by molar-refractivity contribution is -0.146. The van der Waals surface area contributed by atoms with Crippen LogP contribution in [0.5, 0.6) is 0 Å². The molecular weight excluding hydrogens is 291 g/mol. The Balaban J connectivity index is 1.88. The van der Waals surface area contributed by atoms with Crippen molar-refractivity contribution in [3.63, 3.8) is 0 Å². The third-order valence-electron chi connectivity index (χ3n) is 2.28. The van der Waals surface area contributed by atoms with Gasteiger partial charge in [0, 0.05) is 17.6 Å². The van der Waals surface area contributed by atoms with Gasteiger partial charge in [0.15, 0.2) is 0 Å². The average molecular weight is 301 g/mol. The molecule has 0 bridgehead atoms. The Labute approximate surface area is 116 Å². The van der Waals surface area contributed by atoms with Gasteiger partial charge < -0.3 is 15.2 Å². The molecule has 2 heterocycles. The third-order valence-corrected chi connectivity index (χ3v) is 2.28. The number of amides is 2. The van der Waals surface area contributed by atoms with Crippen LogP contribution in [0.3, 0.4) is 0 Å². The lowest BCUT2D eigenvalue weighted by atomic mass is 10.3. The molecule has 0 atom stereocenters. The van der Waals surface area contributed by atoms with Crippen molar-refractivity contribution in [1.29, 1.82) is 0 Å². The van der Waals surface area contributed by atoms with Crippen molar-refractivity contribution < 1.29 is 22.5 Å². The number of pyridine rings is 1. The molecule has 2 N–H and O–H groups in total. The highest BCUT2D eigenvalue weighted by Crippen LogP contribution is 2.26. The average Bonchev–Trinajstić information content (AvgIpc) is 2.85. The number of halogens is 3. The fourth-order valence-electron chi connectivity index (χ4n) is 1.40. The van der Waals surface area contributed by atoms with E-state index in [9.17, 15) is 18.0 Å². The quantitative estimate of drug-likeness (QED) is 0.905. The number of nitrogens with zero attached hydrogens (tertiary/aromatic N) is 3. The van der Waals surface area contributed by atoms with Crippen LogP contribution in [0.25, 0.3) is 0 Å². The molecule has 0 aromatic carbocycles. The van der Waals surface area contributed by atoms with Crippen molar-refractivity contribution in [1.82, 2.24) is 20.4 Å². The smallest absolute Gasteiger partial charge is 0.337 e. The summed E-state index contributed by atoms with van der Waals surface area (Å²) in [5, 5.41) is 7.56. The molecule has 0 saturated heterocycles. The molecule has 10 heteroatoms. The van der Waals surface area contributed by atoms with Gasteiger partial charge in [0.05, 0.1) is 6.54 Å². The van der Waals surface area contributed by atoms with Gasteiger partial charge in [-0.2, -0.15) is 18.2 Å². The lowest BCUT2D eigenvalue weighted by Crippen LogP contribution is -2.28. The number of carbonyl (C=O) groups excluding carboxylic acids is 1. The van der Waals surface area contributed by atoms with Crippen LogP contribution in [0.2, 0.25) is 0 Å². The van der Waals surface area contributed by atoms with Gasteiger partial charge in [-0.05, 0) is 19.1 Å². The molecule has 0 unspecified atom stereocenters. The maximum Gasteiger partial charge on any atom is 0.455 e. The van der Waals surface area contributed by atoms with Gasteiger partial charge >= 0.3 is 12.2 Å². The first-order valence-corrected chi connectivity index (χ1v) is 5.72. The normalized spacial score (nSPS) is 11.2. The molecular formula is C11H10F3N5O2. The number of aromatic nitrogens is 3. The summed E-state index contributed by atoms with van der Waals surface area (Å²) in [6, 6.07) is 2.59. The standard InChI is InChI=1S/C11H10F3N5O2/c1-6-4-7(2-3-15-6)17-10(20)16-5-8-18-9(19-21-8)11(12,13)14/h2-4H,5H2,1H3,(H2,15,16,17,20). The topological polar surface area (TPSA) is 92.9 Å². The molecule has 21 heavy (non-hydrogen) atoms. The molecule has 2 amide bonds. The number of alkyl halides is 3. The zero-order valence-corrected chi connectivity index (χ0v) is 10.7. The van der Waals surface area contributed by atoms with E-state index < -0.39 is 18.0 Å². The second-order valence-corrected chi connectivity index (χ2v) is 4.00. The molecule has 2 aromatic heterocycles. The molecule has 0 saturated carbocycles. The Morgan fingerprint density at radius 3 is 2.81 bits per heavy atom. The van der Waals surface area contributed by atoms with E-state index in [0.717, 1.165) is 0 Å². The van der Waals surface area contributed by atoms with Crippen LogP contribution >= 0.6 is 0 Å². The van der Waals surface area contributed by atoms with E-state index in [1.807, 2.05) is 0 Å². The van der Waals surface area contributed by atoms with Crippen LogP contribution in [0, 0.1) is 6.92 Å². The minimum atomic E-state index is -4.68. The number of hydrogen-bond acceptors (Lipinski definition) is 5. The Morgan fingerprint density at radius 1 is 1.43 bits per heavy atom. The van der Waals surface area contributed by atoms with Crippen LogP contribution in [-0.4, -0.2) is 21.2 Å². The summed E-state index contributed by atoms with van der Waals surface area (Å²) >= 11 is 0. The summed E-state index contributed by atoms with van der Waals surface area (Å²) in [6.45, 7) is 1.43. The van der Waals surface area contributed by atoms with Gasteiger partial charge in [-0.25, -0.2) is 4.79 Å². The maximum atomic E-state index is 12.2. The fourth-order valence-corrected chi connectivity index (χ4v) is 1.40. The highest BCUT2D eigenvalue weighted by Gasteiger charge is 2.37. The molecule has 0 fully saturated rings. The zero-order chi connectivity index (χ0) is 15.5. The molecule has 0 aliphatic rings. The highest BCUT2D eigenvalue weighted by molar-refractivity contribution is 5.89. The van der Waals surface area contributed by atoms with Gasteiger partial charge in [-0.1, -0.05) is 5.16 Å². The van der Waals surface area contributed by atoms with Gasteiger partial charge in [0.25, 0.3) is 5.82 Å². The molecule has 2 aromatic rings. The largest absolute Gasteiger partial charge is 0.455 e. The number of aryl methyl sites for hydroxylation is 1. The van der Waals surface area contributed by atoms with Crippen LogP contribution < -0.4 is 10.6 Å². The molecule has 0 radical (unpaired) electrons. The van der Waals surface area contributed by atoms with Crippen molar-refractivity contribution in [2.45, 2.75) is 19.6 Å². The SMILES string of the molecule is Cc1cc(NC(=O)NCc2nc(C(F)(F)F)no2)ccn1. The molecule has 0 aliphatic heterocycles. The minimum Gasteiger partial charge on any atom is -0.337 e. The van der Waals surface area contributed by atoms with Crippen LogP contribution in [0.15, 0.2) is 22.9 Å². The summed E-state index contributed by atoms with van der Waals surface area (Å²) in [6.07, 6.45) is -3.17. The predicted octanol–water partition coefficient (Wildman–Crippen LogP) is 2.11. The Hall–Kier alpha value is -2.65. The number of urea groups is 1. The first kappa shape index (κ1) is 14.8. The first-order chi connectivity index (χ1) is 9.84. The molecule has 7 nitrogen and oxygen atoms in total. The van der Waals surface area contributed by atoms with Gasteiger partial charge in [-0.3, -0.25) is 4.98 Å². The van der Waals surface area contributed by atoms with Crippen molar-refractivity contribution in [2.24, 2.45) is 0 Å². The van der Waals surface area contributed by atoms with Crippen LogP contribution in [0.4, 0.5) is 23.7 Å². The molecule has 112 valence electrons. The summed E-state index contributed by atoms with van der Waals surface area (Å²) in [5.74, 6) is -1.73. The minimum absolute atomic E-state index is 0.320. The highest BCUT2D eigenvalue weighted by atomic mass is 19.4. The van der Waals surface area contributed by atoms with E-state index in [1.54, 1.807) is 19.1 Å². The van der Waals surface area contributed by atoms with E-state index in [4.69, 9.17) is 0 Å². The fraction of sp³-hybridized carbons (Fsp3) is 0.273. The van der Waals surface area contributed by atoms with Crippen molar-refractivity contribution in [3.8, 4) is 0 Å². The number of rotatable bonds is 3. The summed E-state index contributed by atoms with van der Waals surface area (Å²) in [7, 11) is 0. The van der Waals surface area contributed by atoms with Crippen LogP contribution in [-0.2, 0) is 12.7 Å². The van der Waals surface area contributed by atoms with Crippen molar-refractivity contribution >= 4 is 11.7 Å². The Bertz CT molecular complexity index is 641. The summed E-state index contributed by atoms with van der Waals surface area (Å²) in [5.41, 5.74) is 1.21. The predicted molar refractivity (Wildman–Crippen MR) is 64.1 cm³/mol. The summed E-state index contributed by atoms with van der Waals surface area (Å²) < 4.78 is 41.1. The number of anilines is 1. The van der Waals surface area contributed by atoms with Gasteiger partial charge in [0.2, 0.25) is 5.89 Å². The van der Waals surface area contributed by atoms with E-state index in [1.165, 1.54) is 6.20 Å². The van der Waals surface area contributed by atoms with E-state index in [0.29, 0.717) is 11.4 Å². The summed E-state index contributed by atoms with van der Waals surface area (Å²) in [4.78, 5) is 18.6.